The second kappa shape index (κ2) is 5.51. The highest BCUT2D eigenvalue weighted by atomic mass is 16.5. The van der Waals surface area contributed by atoms with Crippen molar-refractivity contribution in [1.29, 1.82) is 0 Å². The highest BCUT2D eigenvalue weighted by molar-refractivity contribution is 5.35. The van der Waals surface area contributed by atoms with Gasteiger partial charge in [0.2, 0.25) is 0 Å². The SMILES string of the molecule is CCc1ccc(Oc2cccc(CN)c2)cc1. The van der Waals surface area contributed by atoms with E-state index in [2.05, 4.69) is 19.1 Å². The van der Waals surface area contributed by atoms with Crippen LogP contribution in [0.2, 0.25) is 0 Å². The van der Waals surface area contributed by atoms with Gasteiger partial charge >= 0.3 is 0 Å². The maximum absolute atomic E-state index is 5.76. The van der Waals surface area contributed by atoms with Crippen LogP contribution in [0.15, 0.2) is 48.5 Å². The molecular formula is C15H17NO. The summed E-state index contributed by atoms with van der Waals surface area (Å²) in [4.78, 5) is 0. The van der Waals surface area contributed by atoms with Gasteiger partial charge in [-0.1, -0.05) is 31.2 Å². The normalized spacial score (nSPS) is 10.2. The molecule has 0 spiro atoms. The van der Waals surface area contributed by atoms with Crippen molar-refractivity contribution in [3.8, 4) is 11.5 Å². The molecule has 88 valence electrons. The lowest BCUT2D eigenvalue weighted by Gasteiger charge is -2.07. The number of hydrogen-bond acceptors (Lipinski definition) is 2. The highest BCUT2D eigenvalue weighted by Gasteiger charge is 1.98. The summed E-state index contributed by atoms with van der Waals surface area (Å²) >= 11 is 0. The average molecular weight is 227 g/mol. The van der Waals surface area contributed by atoms with E-state index in [4.69, 9.17) is 10.5 Å². The molecule has 0 unspecified atom stereocenters. The molecule has 2 rings (SSSR count). The summed E-state index contributed by atoms with van der Waals surface area (Å²) in [6.07, 6.45) is 1.04. The smallest absolute Gasteiger partial charge is 0.127 e. The Bertz CT molecular complexity index is 477. The number of aryl methyl sites for hydroxylation is 1. The zero-order valence-corrected chi connectivity index (χ0v) is 10.0. The third-order valence-electron chi connectivity index (χ3n) is 2.70. The van der Waals surface area contributed by atoms with Crippen LogP contribution in [0, 0.1) is 0 Å². The molecule has 0 radical (unpaired) electrons. The van der Waals surface area contributed by atoms with Crippen LogP contribution in [0.3, 0.4) is 0 Å². The van der Waals surface area contributed by atoms with Crippen LogP contribution in [0.4, 0.5) is 0 Å². The lowest BCUT2D eigenvalue weighted by Crippen LogP contribution is -1.96. The predicted molar refractivity (Wildman–Crippen MR) is 70.2 cm³/mol. The second-order valence-electron chi connectivity index (χ2n) is 3.95. The molecule has 2 N–H and O–H groups in total. The van der Waals surface area contributed by atoms with Crippen molar-refractivity contribution in [2.45, 2.75) is 19.9 Å². The molecule has 2 aromatic rings. The topological polar surface area (TPSA) is 35.2 Å². The third kappa shape index (κ3) is 3.08. The fourth-order valence-corrected chi connectivity index (χ4v) is 1.67. The van der Waals surface area contributed by atoms with E-state index in [1.807, 2.05) is 36.4 Å². The number of hydrogen-bond donors (Lipinski definition) is 1. The Morgan fingerprint density at radius 2 is 1.71 bits per heavy atom. The molecule has 0 aliphatic heterocycles. The Balaban J connectivity index is 2.13. The average Bonchev–Trinajstić information content (AvgIpc) is 2.40. The Kier molecular flexibility index (Phi) is 3.78. The highest BCUT2D eigenvalue weighted by Crippen LogP contribution is 2.22. The van der Waals surface area contributed by atoms with Gasteiger partial charge in [-0.15, -0.1) is 0 Å². The van der Waals surface area contributed by atoms with Crippen LogP contribution in [-0.4, -0.2) is 0 Å². The molecule has 17 heavy (non-hydrogen) atoms. The molecule has 2 nitrogen and oxygen atoms in total. The minimum absolute atomic E-state index is 0.534. The fourth-order valence-electron chi connectivity index (χ4n) is 1.67. The van der Waals surface area contributed by atoms with Gasteiger partial charge in [0.05, 0.1) is 0 Å². The summed E-state index contributed by atoms with van der Waals surface area (Å²) in [6, 6.07) is 16.0. The monoisotopic (exact) mass is 227 g/mol. The van der Waals surface area contributed by atoms with Gasteiger partial charge < -0.3 is 10.5 Å². The van der Waals surface area contributed by atoms with E-state index in [1.165, 1.54) is 5.56 Å². The summed E-state index contributed by atoms with van der Waals surface area (Å²) in [5.41, 5.74) is 7.98. The quantitative estimate of drug-likeness (QED) is 0.867. The standard InChI is InChI=1S/C15H17NO/c1-2-12-6-8-14(9-7-12)17-15-5-3-4-13(10-15)11-16/h3-10H,2,11,16H2,1H3. The summed E-state index contributed by atoms with van der Waals surface area (Å²) in [6.45, 7) is 2.67. The predicted octanol–water partition coefficient (Wildman–Crippen LogP) is 3.50. The zero-order chi connectivity index (χ0) is 12.1. The van der Waals surface area contributed by atoms with Crippen molar-refractivity contribution in [1.82, 2.24) is 0 Å². The minimum atomic E-state index is 0.534. The zero-order valence-electron chi connectivity index (χ0n) is 10.0. The van der Waals surface area contributed by atoms with E-state index in [1.54, 1.807) is 0 Å². The number of rotatable bonds is 4. The van der Waals surface area contributed by atoms with Gasteiger partial charge in [-0.3, -0.25) is 0 Å². The molecule has 0 atom stereocenters. The molecular weight excluding hydrogens is 210 g/mol. The van der Waals surface area contributed by atoms with Crippen LogP contribution < -0.4 is 10.5 Å². The van der Waals surface area contributed by atoms with E-state index >= 15 is 0 Å². The van der Waals surface area contributed by atoms with Crippen molar-refractivity contribution >= 4 is 0 Å². The van der Waals surface area contributed by atoms with Gasteiger partial charge in [0, 0.05) is 6.54 Å². The van der Waals surface area contributed by atoms with E-state index in [-0.39, 0.29) is 0 Å². The summed E-state index contributed by atoms with van der Waals surface area (Å²) in [5, 5.41) is 0. The maximum Gasteiger partial charge on any atom is 0.127 e. The van der Waals surface area contributed by atoms with Gasteiger partial charge in [-0.2, -0.15) is 0 Å². The Hall–Kier alpha value is -1.80. The number of ether oxygens (including phenoxy) is 1. The molecule has 0 aliphatic rings. The van der Waals surface area contributed by atoms with Crippen molar-refractivity contribution in [2.24, 2.45) is 5.73 Å². The molecule has 0 bridgehead atoms. The molecule has 2 aromatic carbocycles. The van der Waals surface area contributed by atoms with Crippen LogP contribution in [-0.2, 0) is 13.0 Å². The van der Waals surface area contributed by atoms with Gasteiger partial charge in [0.15, 0.2) is 0 Å². The molecule has 2 heteroatoms. The summed E-state index contributed by atoms with van der Waals surface area (Å²) < 4.78 is 5.76. The van der Waals surface area contributed by atoms with Gasteiger partial charge in [0.1, 0.15) is 11.5 Å². The fraction of sp³-hybridized carbons (Fsp3) is 0.200. The molecule has 0 saturated carbocycles. The van der Waals surface area contributed by atoms with E-state index in [0.717, 1.165) is 23.5 Å². The Morgan fingerprint density at radius 1 is 0.941 bits per heavy atom. The summed E-state index contributed by atoms with van der Waals surface area (Å²) in [7, 11) is 0. The largest absolute Gasteiger partial charge is 0.457 e. The van der Waals surface area contributed by atoms with E-state index < -0.39 is 0 Å². The molecule has 0 aromatic heterocycles. The first-order chi connectivity index (χ1) is 8.31. The van der Waals surface area contributed by atoms with Crippen molar-refractivity contribution in [3.63, 3.8) is 0 Å². The molecule has 0 heterocycles. The van der Waals surface area contributed by atoms with Gasteiger partial charge in [-0.05, 0) is 41.8 Å². The molecule has 0 aliphatic carbocycles. The Labute approximate surface area is 102 Å². The lowest BCUT2D eigenvalue weighted by molar-refractivity contribution is 0.482. The van der Waals surface area contributed by atoms with Gasteiger partial charge in [0.25, 0.3) is 0 Å². The molecule has 0 amide bonds. The van der Waals surface area contributed by atoms with Crippen molar-refractivity contribution in [3.05, 3.63) is 59.7 Å². The number of nitrogens with two attached hydrogens (primary N) is 1. The van der Waals surface area contributed by atoms with Crippen LogP contribution in [0.5, 0.6) is 11.5 Å². The first-order valence-corrected chi connectivity index (χ1v) is 5.87. The van der Waals surface area contributed by atoms with Crippen molar-refractivity contribution in [2.75, 3.05) is 0 Å². The minimum Gasteiger partial charge on any atom is -0.457 e. The van der Waals surface area contributed by atoms with E-state index in [0.29, 0.717) is 6.54 Å². The lowest BCUT2D eigenvalue weighted by atomic mass is 10.2. The summed E-state index contributed by atoms with van der Waals surface area (Å²) in [5.74, 6) is 1.69. The van der Waals surface area contributed by atoms with Crippen molar-refractivity contribution < 1.29 is 4.74 Å². The third-order valence-corrected chi connectivity index (χ3v) is 2.70. The molecule has 0 saturated heterocycles. The van der Waals surface area contributed by atoms with E-state index in [9.17, 15) is 0 Å². The number of benzene rings is 2. The second-order valence-corrected chi connectivity index (χ2v) is 3.95. The van der Waals surface area contributed by atoms with Crippen LogP contribution in [0.1, 0.15) is 18.1 Å². The molecule has 0 fully saturated rings. The van der Waals surface area contributed by atoms with Crippen LogP contribution >= 0.6 is 0 Å². The maximum atomic E-state index is 5.76. The Morgan fingerprint density at radius 3 is 2.35 bits per heavy atom. The van der Waals surface area contributed by atoms with Crippen LogP contribution in [0.25, 0.3) is 0 Å². The first kappa shape index (κ1) is 11.7. The first-order valence-electron chi connectivity index (χ1n) is 5.87. The van der Waals surface area contributed by atoms with Gasteiger partial charge in [-0.25, -0.2) is 0 Å².